The molecular weight excluding hydrogens is 274 g/mol. The van der Waals surface area contributed by atoms with Crippen molar-refractivity contribution in [3.05, 3.63) is 17.4 Å². The van der Waals surface area contributed by atoms with Crippen LogP contribution in [0.4, 0.5) is 5.82 Å². The molecule has 1 atom stereocenters. The number of rotatable bonds is 2. The largest absolute Gasteiger partial charge is 0.353 e. The summed E-state index contributed by atoms with van der Waals surface area (Å²) in [4.78, 5) is 6.34. The summed E-state index contributed by atoms with van der Waals surface area (Å²) in [5.74, 6) is 1.00. The minimum atomic E-state index is 0.0921. The first-order valence-electron chi connectivity index (χ1n) is 6.78. The molecule has 1 aliphatic rings. The summed E-state index contributed by atoms with van der Waals surface area (Å²) in [5.41, 5.74) is 0.996. The van der Waals surface area contributed by atoms with Crippen LogP contribution in [0, 0.1) is 17.2 Å². The fourth-order valence-corrected chi connectivity index (χ4v) is 2.83. The van der Waals surface area contributed by atoms with Gasteiger partial charge in [0.1, 0.15) is 5.15 Å². The second-order valence-corrected chi connectivity index (χ2v) is 5.83. The highest BCUT2D eigenvalue weighted by molar-refractivity contribution is 6.30. The van der Waals surface area contributed by atoms with Crippen LogP contribution in [0.15, 0.2) is 12.3 Å². The Balaban J connectivity index is 2.10. The molecular formula is C14H16ClN5. The number of hydrogen-bond donors (Lipinski definition) is 0. The van der Waals surface area contributed by atoms with Crippen molar-refractivity contribution >= 4 is 28.3 Å². The van der Waals surface area contributed by atoms with Crippen LogP contribution in [-0.2, 0) is 0 Å². The van der Waals surface area contributed by atoms with Gasteiger partial charge in [-0.2, -0.15) is 10.4 Å². The molecule has 1 aliphatic heterocycles. The van der Waals surface area contributed by atoms with Gasteiger partial charge in [-0.3, -0.25) is 4.68 Å². The number of hydrogen-bond acceptors (Lipinski definition) is 4. The number of pyridine rings is 1. The summed E-state index contributed by atoms with van der Waals surface area (Å²) in [6.45, 7) is 5.79. The summed E-state index contributed by atoms with van der Waals surface area (Å²) >= 11 is 6.00. The Labute approximate surface area is 122 Å². The van der Waals surface area contributed by atoms with Gasteiger partial charge in [-0.25, -0.2) is 4.98 Å². The highest BCUT2D eigenvalue weighted by atomic mass is 35.5. The van der Waals surface area contributed by atoms with Crippen molar-refractivity contribution in [3.63, 3.8) is 0 Å². The lowest BCUT2D eigenvalue weighted by molar-refractivity contribution is 0.549. The predicted molar refractivity (Wildman–Crippen MR) is 78.9 cm³/mol. The molecule has 0 bridgehead atoms. The Morgan fingerprint density at radius 1 is 1.50 bits per heavy atom. The molecule has 0 radical (unpaired) electrons. The van der Waals surface area contributed by atoms with E-state index in [0.717, 1.165) is 36.2 Å². The van der Waals surface area contributed by atoms with Gasteiger partial charge in [0, 0.05) is 31.4 Å². The van der Waals surface area contributed by atoms with Crippen molar-refractivity contribution in [2.24, 2.45) is 5.92 Å². The van der Waals surface area contributed by atoms with Gasteiger partial charge in [-0.15, -0.1) is 0 Å². The SMILES string of the molecule is CC(C)n1nc(N2CC[C@@H](C#N)C2)c2cnc(Cl)cc21. The van der Waals surface area contributed by atoms with E-state index in [1.54, 1.807) is 6.20 Å². The lowest BCUT2D eigenvalue weighted by Crippen LogP contribution is -2.20. The van der Waals surface area contributed by atoms with Crippen LogP contribution in [0.25, 0.3) is 10.9 Å². The molecule has 2 aromatic rings. The van der Waals surface area contributed by atoms with Crippen LogP contribution in [0.3, 0.4) is 0 Å². The van der Waals surface area contributed by atoms with Gasteiger partial charge in [0.05, 0.1) is 22.9 Å². The van der Waals surface area contributed by atoms with E-state index in [1.807, 2.05) is 10.7 Å². The Hall–Kier alpha value is -1.80. The van der Waals surface area contributed by atoms with Crippen molar-refractivity contribution < 1.29 is 0 Å². The van der Waals surface area contributed by atoms with Crippen molar-refractivity contribution in [3.8, 4) is 6.07 Å². The first-order valence-corrected chi connectivity index (χ1v) is 7.16. The molecule has 1 fully saturated rings. The first kappa shape index (κ1) is 13.2. The van der Waals surface area contributed by atoms with E-state index in [9.17, 15) is 0 Å². The minimum Gasteiger partial charge on any atom is -0.353 e. The highest BCUT2D eigenvalue weighted by Crippen LogP contribution is 2.32. The molecule has 3 heterocycles. The maximum atomic E-state index is 9.04. The summed E-state index contributed by atoms with van der Waals surface area (Å²) in [7, 11) is 0. The molecule has 0 amide bonds. The van der Waals surface area contributed by atoms with E-state index in [1.165, 1.54) is 0 Å². The molecule has 5 nitrogen and oxygen atoms in total. The van der Waals surface area contributed by atoms with Crippen molar-refractivity contribution in [2.45, 2.75) is 26.3 Å². The monoisotopic (exact) mass is 289 g/mol. The Morgan fingerprint density at radius 2 is 2.30 bits per heavy atom. The number of nitrogens with zero attached hydrogens (tertiary/aromatic N) is 5. The summed E-state index contributed by atoms with van der Waals surface area (Å²) in [5, 5.41) is 15.2. The molecule has 6 heteroatoms. The van der Waals surface area contributed by atoms with Gasteiger partial charge in [0.25, 0.3) is 0 Å². The van der Waals surface area contributed by atoms with Crippen LogP contribution < -0.4 is 4.90 Å². The fraction of sp³-hybridized carbons (Fsp3) is 0.500. The molecule has 2 aromatic heterocycles. The third-order valence-electron chi connectivity index (χ3n) is 3.70. The number of fused-ring (bicyclic) bond motifs is 1. The average Bonchev–Trinajstić information content (AvgIpc) is 3.01. The van der Waals surface area contributed by atoms with Gasteiger partial charge in [0.15, 0.2) is 5.82 Å². The lowest BCUT2D eigenvalue weighted by atomic mass is 10.1. The zero-order valence-electron chi connectivity index (χ0n) is 11.5. The fourth-order valence-electron chi connectivity index (χ4n) is 2.68. The van der Waals surface area contributed by atoms with E-state index in [-0.39, 0.29) is 12.0 Å². The quantitative estimate of drug-likeness (QED) is 0.798. The van der Waals surface area contributed by atoms with Crippen LogP contribution in [0.2, 0.25) is 5.15 Å². The Morgan fingerprint density at radius 3 is 2.95 bits per heavy atom. The van der Waals surface area contributed by atoms with E-state index in [2.05, 4.69) is 29.8 Å². The third-order valence-corrected chi connectivity index (χ3v) is 3.91. The molecule has 0 aliphatic carbocycles. The smallest absolute Gasteiger partial charge is 0.160 e. The van der Waals surface area contributed by atoms with Gasteiger partial charge >= 0.3 is 0 Å². The third kappa shape index (κ3) is 2.10. The summed E-state index contributed by atoms with van der Waals surface area (Å²) in [6.07, 6.45) is 2.67. The van der Waals surface area contributed by atoms with E-state index >= 15 is 0 Å². The lowest BCUT2D eigenvalue weighted by Gasteiger charge is -2.14. The molecule has 104 valence electrons. The van der Waals surface area contributed by atoms with Gasteiger partial charge in [-0.1, -0.05) is 11.6 Å². The second kappa shape index (κ2) is 4.95. The van der Waals surface area contributed by atoms with Crippen molar-refractivity contribution in [1.29, 1.82) is 5.26 Å². The van der Waals surface area contributed by atoms with E-state index < -0.39 is 0 Å². The molecule has 3 rings (SSSR count). The first-order chi connectivity index (χ1) is 9.60. The van der Waals surface area contributed by atoms with Crippen LogP contribution in [-0.4, -0.2) is 27.9 Å². The highest BCUT2D eigenvalue weighted by Gasteiger charge is 2.26. The Kier molecular flexibility index (Phi) is 3.27. The van der Waals surface area contributed by atoms with Crippen LogP contribution >= 0.6 is 11.6 Å². The maximum absolute atomic E-state index is 9.04. The van der Waals surface area contributed by atoms with Crippen LogP contribution in [0.1, 0.15) is 26.3 Å². The maximum Gasteiger partial charge on any atom is 0.160 e. The molecule has 0 saturated carbocycles. The van der Waals surface area contributed by atoms with Gasteiger partial charge in [0.2, 0.25) is 0 Å². The second-order valence-electron chi connectivity index (χ2n) is 5.45. The molecule has 0 spiro atoms. The van der Waals surface area contributed by atoms with E-state index in [4.69, 9.17) is 22.0 Å². The van der Waals surface area contributed by atoms with E-state index in [0.29, 0.717) is 5.15 Å². The minimum absolute atomic E-state index is 0.0921. The normalized spacial score (nSPS) is 18.9. The predicted octanol–water partition coefficient (Wildman–Crippen LogP) is 3.02. The molecule has 0 aromatic carbocycles. The zero-order valence-corrected chi connectivity index (χ0v) is 12.3. The number of nitriles is 1. The molecule has 1 saturated heterocycles. The number of aromatic nitrogens is 3. The van der Waals surface area contributed by atoms with Crippen LogP contribution in [0.5, 0.6) is 0 Å². The van der Waals surface area contributed by atoms with Crippen molar-refractivity contribution in [2.75, 3.05) is 18.0 Å². The van der Waals surface area contributed by atoms with Crippen molar-refractivity contribution in [1.82, 2.24) is 14.8 Å². The standard InChI is InChI=1S/C14H16ClN5/c1-9(2)20-12-5-13(15)17-7-11(12)14(18-20)19-4-3-10(6-16)8-19/h5,7,9-10H,3-4,8H2,1-2H3/t10-/m0/s1. The topological polar surface area (TPSA) is 57.7 Å². The van der Waals surface area contributed by atoms with Gasteiger partial charge in [-0.05, 0) is 20.3 Å². The van der Waals surface area contributed by atoms with Gasteiger partial charge < -0.3 is 4.90 Å². The Bertz CT molecular complexity index is 685. The summed E-state index contributed by atoms with van der Waals surface area (Å²) < 4.78 is 1.97. The average molecular weight is 290 g/mol. The molecule has 20 heavy (non-hydrogen) atoms. The molecule has 0 unspecified atom stereocenters. The molecule has 0 N–H and O–H groups in total. The number of anilines is 1. The summed E-state index contributed by atoms with van der Waals surface area (Å²) in [6, 6.07) is 4.44. The number of halogens is 1. The zero-order chi connectivity index (χ0) is 14.3.